The van der Waals surface area contributed by atoms with Crippen LogP contribution in [-0.4, -0.2) is 58.1 Å². The van der Waals surface area contributed by atoms with E-state index in [-0.39, 0.29) is 40.9 Å². The maximum absolute atomic E-state index is 14.2. The lowest BCUT2D eigenvalue weighted by Crippen LogP contribution is -2.46. The Labute approximate surface area is 186 Å². The van der Waals surface area contributed by atoms with Gasteiger partial charge < -0.3 is 15.0 Å². The van der Waals surface area contributed by atoms with Gasteiger partial charge in [-0.3, -0.25) is 14.7 Å². The van der Waals surface area contributed by atoms with Crippen molar-refractivity contribution in [3.8, 4) is 17.1 Å². The maximum Gasteiger partial charge on any atom is 0.274 e. The lowest BCUT2D eigenvalue weighted by atomic mass is 9.86. The molecule has 0 bridgehead atoms. The Hall–Kier alpha value is -2.97. The molecule has 2 N–H and O–H groups in total. The number of hydrogen-bond donors (Lipinski definition) is 2. The van der Waals surface area contributed by atoms with Crippen LogP contribution in [0.1, 0.15) is 55.9 Å². The third kappa shape index (κ3) is 4.92. The number of nitrogens with zero attached hydrogens (tertiary/aromatic N) is 3. The first kappa shape index (κ1) is 22.2. The molecule has 1 saturated carbocycles. The number of piperidine rings is 1. The van der Waals surface area contributed by atoms with Gasteiger partial charge in [-0.15, -0.1) is 0 Å². The molecular formula is C23H30FN5O3. The van der Waals surface area contributed by atoms with Crippen molar-refractivity contribution in [1.29, 1.82) is 0 Å². The van der Waals surface area contributed by atoms with E-state index < -0.39 is 5.82 Å². The topological polar surface area (TPSA) is 100 Å². The summed E-state index contributed by atoms with van der Waals surface area (Å²) in [6.45, 7) is 3.26. The van der Waals surface area contributed by atoms with E-state index in [4.69, 9.17) is 4.74 Å². The molecule has 2 aromatic heterocycles. The first-order chi connectivity index (χ1) is 15.4. The van der Waals surface area contributed by atoms with Crippen molar-refractivity contribution < 1.29 is 18.7 Å². The van der Waals surface area contributed by atoms with Gasteiger partial charge in [0.1, 0.15) is 0 Å². The molecule has 2 fully saturated rings. The number of amides is 2. The van der Waals surface area contributed by atoms with E-state index in [9.17, 15) is 14.0 Å². The Bertz CT molecular complexity index is 962. The molecule has 0 atom stereocenters. The van der Waals surface area contributed by atoms with E-state index in [1.165, 1.54) is 32.1 Å². The average Bonchev–Trinajstić information content (AvgIpc) is 3.30. The summed E-state index contributed by atoms with van der Waals surface area (Å²) in [5.74, 6) is 0.304. The highest BCUT2D eigenvalue weighted by Gasteiger charge is 2.30. The van der Waals surface area contributed by atoms with Crippen LogP contribution in [0.3, 0.4) is 0 Å². The SMILES string of the molecule is COc1cc(-c2cc(C(=O)N3CCC(C(=O)NC4CCC(C)CC4)CC3)n[nH]2)c(F)cn1. The number of aromatic nitrogens is 3. The van der Waals surface area contributed by atoms with Gasteiger partial charge in [-0.2, -0.15) is 5.10 Å². The first-order valence-electron chi connectivity index (χ1n) is 11.3. The molecule has 9 heteroatoms. The lowest BCUT2D eigenvalue weighted by molar-refractivity contribution is -0.127. The van der Waals surface area contributed by atoms with Gasteiger partial charge in [-0.1, -0.05) is 6.92 Å². The number of ether oxygens (including phenoxy) is 1. The van der Waals surface area contributed by atoms with E-state index in [2.05, 4.69) is 27.4 Å². The zero-order valence-electron chi connectivity index (χ0n) is 18.6. The number of likely N-dealkylation sites (tertiary alicyclic amines) is 1. The fourth-order valence-electron chi connectivity index (χ4n) is 4.54. The first-order valence-corrected chi connectivity index (χ1v) is 11.3. The lowest BCUT2D eigenvalue weighted by Gasteiger charge is -2.33. The number of hydrogen-bond acceptors (Lipinski definition) is 5. The summed E-state index contributed by atoms with van der Waals surface area (Å²) in [4.78, 5) is 31.1. The minimum atomic E-state index is -0.535. The number of nitrogens with one attached hydrogen (secondary N) is 2. The van der Waals surface area contributed by atoms with Crippen LogP contribution in [0.25, 0.3) is 11.3 Å². The van der Waals surface area contributed by atoms with Crippen molar-refractivity contribution in [2.75, 3.05) is 20.2 Å². The molecule has 8 nitrogen and oxygen atoms in total. The highest BCUT2D eigenvalue weighted by atomic mass is 19.1. The fraction of sp³-hybridized carbons (Fsp3) is 0.565. The van der Waals surface area contributed by atoms with Gasteiger partial charge >= 0.3 is 0 Å². The minimum absolute atomic E-state index is 0.0634. The van der Waals surface area contributed by atoms with Crippen LogP contribution >= 0.6 is 0 Å². The molecule has 4 rings (SSSR count). The molecule has 1 aliphatic carbocycles. The second-order valence-corrected chi connectivity index (χ2v) is 8.91. The second kappa shape index (κ2) is 9.67. The predicted octanol–water partition coefficient (Wildman–Crippen LogP) is 3.17. The van der Waals surface area contributed by atoms with Crippen LogP contribution in [0.4, 0.5) is 4.39 Å². The molecule has 172 valence electrons. The van der Waals surface area contributed by atoms with Crippen molar-refractivity contribution in [1.82, 2.24) is 25.4 Å². The summed E-state index contributed by atoms with van der Waals surface area (Å²) in [5.41, 5.74) is 0.827. The summed E-state index contributed by atoms with van der Waals surface area (Å²) in [6, 6.07) is 3.27. The average molecular weight is 444 g/mol. The highest BCUT2D eigenvalue weighted by molar-refractivity contribution is 5.93. The molecule has 1 aliphatic heterocycles. The molecule has 0 aromatic carbocycles. The zero-order chi connectivity index (χ0) is 22.7. The van der Waals surface area contributed by atoms with Crippen molar-refractivity contribution in [2.24, 2.45) is 11.8 Å². The molecule has 0 unspecified atom stereocenters. The molecule has 2 aromatic rings. The smallest absolute Gasteiger partial charge is 0.274 e. The normalized spacial score (nSPS) is 21.9. The van der Waals surface area contributed by atoms with E-state index in [1.54, 1.807) is 4.90 Å². The van der Waals surface area contributed by atoms with Crippen LogP contribution in [0.2, 0.25) is 0 Å². The van der Waals surface area contributed by atoms with E-state index in [0.29, 0.717) is 31.6 Å². The number of carbonyl (C=O) groups is 2. The molecule has 1 saturated heterocycles. The standard InChI is InChI=1S/C23H30FN5O3/c1-14-3-5-16(6-4-14)26-22(30)15-7-9-29(10-8-15)23(31)20-12-19(27-28-20)17-11-21(32-2)25-13-18(17)24/h11-16H,3-10H2,1-2H3,(H,26,30)(H,27,28). The summed E-state index contributed by atoms with van der Waals surface area (Å²) >= 11 is 0. The largest absolute Gasteiger partial charge is 0.481 e. The molecule has 0 radical (unpaired) electrons. The number of H-pyrrole nitrogens is 1. The predicted molar refractivity (Wildman–Crippen MR) is 117 cm³/mol. The van der Waals surface area contributed by atoms with E-state index in [0.717, 1.165) is 25.0 Å². The summed E-state index contributed by atoms with van der Waals surface area (Å²) < 4.78 is 19.2. The third-order valence-corrected chi connectivity index (χ3v) is 6.64. The highest BCUT2D eigenvalue weighted by Crippen LogP contribution is 2.27. The Balaban J connectivity index is 1.33. The summed E-state index contributed by atoms with van der Waals surface area (Å²) in [5, 5.41) is 10.0. The molecule has 2 amide bonds. The van der Waals surface area contributed by atoms with E-state index >= 15 is 0 Å². The number of aromatic amines is 1. The van der Waals surface area contributed by atoms with Crippen molar-refractivity contribution >= 4 is 11.8 Å². The quantitative estimate of drug-likeness (QED) is 0.739. The van der Waals surface area contributed by atoms with Crippen molar-refractivity contribution in [3.63, 3.8) is 0 Å². The third-order valence-electron chi connectivity index (χ3n) is 6.64. The second-order valence-electron chi connectivity index (χ2n) is 8.91. The number of carbonyl (C=O) groups excluding carboxylic acids is 2. The van der Waals surface area contributed by atoms with Crippen LogP contribution < -0.4 is 10.1 Å². The van der Waals surface area contributed by atoms with Gasteiger partial charge in [0.25, 0.3) is 5.91 Å². The van der Waals surface area contributed by atoms with Gasteiger partial charge in [0.15, 0.2) is 11.5 Å². The van der Waals surface area contributed by atoms with Gasteiger partial charge in [-0.05, 0) is 50.5 Å². The molecule has 2 aliphatic rings. The molecule has 0 spiro atoms. The Morgan fingerprint density at radius 1 is 1.16 bits per heavy atom. The van der Waals surface area contributed by atoms with Crippen molar-refractivity contribution in [2.45, 2.75) is 51.5 Å². The van der Waals surface area contributed by atoms with Crippen molar-refractivity contribution in [3.05, 3.63) is 29.8 Å². The van der Waals surface area contributed by atoms with Crippen LogP contribution in [0, 0.1) is 17.7 Å². The number of pyridine rings is 1. The van der Waals surface area contributed by atoms with Crippen LogP contribution in [0.15, 0.2) is 18.3 Å². The van der Waals surface area contributed by atoms with Gasteiger partial charge in [-0.25, -0.2) is 9.37 Å². The Morgan fingerprint density at radius 2 is 1.88 bits per heavy atom. The maximum atomic E-state index is 14.2. The monoisotopic (exact) mass is 443 g/mol. The van der Waals surface area contributed by atoms with Gasteiger partial charge in [0.05, 0.1) is 19.0 Å². The number of methoxy groups -OCH3 is 1. The minimum Gasteiger partial charge on any atom is -0.481 e. The molecule has 3 heterocycles. The molecular weight excluding hydrogens is 413 g/mol. The Kier molecular flexibility index (Phi) is 6.72. The van der Waals surface area contributed by atoms with Crippen LogP contribution in [0.5, 0.6) is 5.88 Å². The summed E-state index contributed by atoms with van der Waals surface area (Å²) in [6.07, 6.45) is 6.77. The Morgan fingerprint density at radius 3 is 2.56 bits per heavy atom. The van der Waals surface area contributed by atoms with E-state index in [1.807, 2.05) is 0 Å². The van der Waals surface area contributed by atoms with Gasteiger partial charge in [0, 0.05) is 36.7 Å². The van der Waals surface area contributed by atoms with Crippen LogP contribution in [-0.2, 0) is 4.79 Å². The zero-order valence-corrected chi connectivity index (χ0v) is 18.6. The summed E-state index contributed by atoms with van der Waals surface area (Å²) in [7, 11) is 1.45. The van der Waals surface area contributed by atoms with Gasteiger partial charge in [0.2, 0.25) is 11.8 Å². The number of halogens is 1. The molecule has 32 heavy (non-hydrogen) atoms. The number of rotatable bonds is 5. The fourth-order valence-corrected chi connectivity index (χ4v) is 4.54.